The third-order valence-electron chi connectivity index (χ3n) is 1.89. The molecule has 106 valence electrons. The Morgan fingerprint density at radius 1 is 1.00 bits per heavy atom. The smallest absolute Gasteiger partial charge is 0.100 e. The molecule has 0 unspecified atom stereocenters. The van der Waals surface area contributed by atoms with E-state index >= 15 is 0 Å². The molecule has 0 aromatic heterocycles. The molecular weight excluding hydrogens is 215 g/mol. The summed E-state index contributed by atoms with van der Waals surface area (Å²) in [4.78, 5) is 0. The normalized spacial score (nSPS) is 12.6. The number of hydrogen-bond donors (Lipinski definition) is 0. The lowest BCUT2D eigenvalue weighted by Gasteiger charge is -2.12. The summed E-state index contributed by atoms with van der Waals surface area (Å²) in [5.41, 5.74) is 0. The van der Waals surface area contributed by atoms with E-state index in [1.165, 1.54) is 6.42 Å². The van der Waals surface area contributed by atoms with Crippen LogP contribution >= 0.6 is 0 Å². The molecule has 0 spiro atoms. The van der Waals surface area contributed by atoms with Crippen LogP contribution in [-0.4, -0.2) is 11.6 Å². The summed E-state index contributed by atoms with van der Waals surface area (Å²) in [6.45, 7) is 11.9. The first-order valence-electron chi connectivity index (χ1n) is 6.85. The summed E-state index contributed by atoms with van der Waals surface area (Å²) in [6.07, 6.45) is 5.63. The minimum atomic E-state index is -0.464. The van der Waals surface area contributed by atoms with Gasteiger partial charge in [-0.15, -0.1) is 11.8 Å². The molecule has 2 N–H and O–H groups in total. The Bertz CT molecular complexity index is 141. The van der Waals surface area contributed by atoms with Gasteiger partial charge in [0.1, 0.15) is 6.17 Å². The summed E-state index contributed by atoms with van der Waals surface area (Å²) in [6, 6.07) is 0. The Morgan fingerprint density at radius 2 is 1.41 bits per heavy atom. The van der Waals surface area contributed by atoms with Gasteiger partial charge in [-0.05, 0) is 19.8 Å². The van der Waals surface area contributed by atoms with Gasteiger partial charge >= 0.3 is 0 Å². The Morgan fingerprint density at radius 3 is 1.53 bits per heavy atom. The zero-order valence-electron chi connectivity index (χ0n) is 12.7. The first-order chi connectivity index (χ1) is 7.81. The topological polar surface area (TPSA) is 31.5 Å². The van der Waals surface area contributed by atoms with Crippen molar-refractivity contribution in [1.29, 1.82) is 0 Å². The van der Waals surface area contributed by atoms with Crippen LogP contribution in [0.1, 0.15) is 80.1 Å². The van der Waals surface area contributed by atoms with Gasteiger partial charge in [-0.1, -0.05) is 53.9 Å². The Balaban J connectivity index is -0.0000000758. The second kappa shape index (κ2) is 29.5. The highest BCUT2D eigenvalue weighted by atomic mass is 19.1. The van der Waals surface area contributed by atoms with Gasteiger partial charge in [0, 0.05) is 6.42 Å². The van der Waals surface area contributed by atoms with Crippen molar-refractivity contribution in [2.45, 2.75) is 86.2 Å². The standard InChI is InChI=1S/C6H11F.C5H8.2C2H6.H2O/c7-6-4-2-1-3-5-6;1-3-5-4-2;2*1-2;/h6H,1-5H2;3H2,1-2H3;2*1-2H3;1H2. The Labute approximate surface area is 109 Å². The summed E-state index contributed by atoms with van der Waals surface area (Å²) < 4.78 is 12.2. The van der Waals surface area contributed by atoms with Crippen LogP contribution in [-0.2, 0) is 0 Å². The largest absolute Gasteiger partial charge is 0.412 e. The zero-order valence-corrected chi connectivity index (χ0v) is 12.7. The van der Waals surface area contributed by atoms with Crippen molar-refractivity contribution in [3.63, 3.8) is 0 Å². The van der Waals surface area contributed by atoms with E-state index < -0.39 is 6.17 Å². The molecule has 0 atom stereocenters. The molecule has 17 heavy (non-hydrogen) atoms. The van der Waals surface area contributed by atoms with Crippen LogP contribution in [0.25, 0.3) is 0 Å². The molecule has 0 amide bonds. The van der Waals surface area contributed by atoms with E-state index in [9.17, 15) is 4.39 Å². The Hall–Kier alpha value is -0.550. The van der Waals surface area contributed by atoms with E-state index in [4.69, 9.17) is 0 Å². The minimum absolute atomic E-state index is 0. The van der Waals surface area contributed by atoms with Crippen molar-refractivity contribution in [3.05, 3.63) is 0 Å². The summed E-state index contributed by atoms with van der Waals surface area (Å²) in [5, 5.41) is 0. The molecular formula is C15H33FO. The van der Waals surface area contributed by atoms with Gasteiger partial charge in [-0.3, -0.25) is 0 Å². The lowest BCUT2D eigenvalue weighted by atomic mass is 9.99. The lowest BCUT2D eigenvalue weighted by molar-refractivity contribution is 0.251. The van der Waals surface area contributed by atoms with Crippen LogP contribution in [0, 0.1) is 11.8 Å². The monoisotopic (exact) mass is 248 g/mol. The predicted molar refractivity (Wildman–Crippen MR) is 78.0 cm³/mol. The fourth-order valence-electron chi connectivity index (χ4n) is 1.23. The number of hydrogen-bond acceptors (Lipinski definition) is 0. The highest BCUT2D eigenvalue weighted by molar-refractivity contribution is 4.92. The minimum Gasteiger partial charge on any atom is -0.412 e. The molecule has 1 fully saturated rings. The molecule has 0 bridgehead atoms. The molecule has 0 saturated heterocycles. The van der Waals surface area contributed by atoms with Crippen LogP contribution in [0.3, 0.4) is 0 Å². The van der Waals surface area contributed by atoms with Gasteiger partial charge in [-0.2, -0.15) is 0 Å². The quantitative estimate of drug-likeness (QED) is 0.544. The highest BCUT2D eigenvalue weighted by Crippen LogP contribution is 2.19. The van der Waals surface area contributed by atoms with Crippen molar-refractivity contribution in [2.75, 3.05) is 0 Å². The molecule has 1 saturated carbocycles. The summed E-state index contributed by atoms with van der Waals surface area (Å²) in [7, 11) is 0. The molecule has 1 rings (SSSR count). The highest BCUT2D eigenvalue weighted by Gasteiger charge is 2.09. The van der Waals surface area contributed by atoms with E-state index in [1.54, 1.807) is 0 Å². The average molecular weight is 248 g/mol. The summed E-state index contributed by atoms with van der Waals surface area (Å²) in [5.74, 6) is 5.63. The van der Waals surface area contributed by atoms with Gasteiger partial charge in [-0.25, -0.2) is 4.39 Å². The van der Waals surface area contributed by atoms with E-state index in [0.29, 0.717) is 0 Å². The Kier molecular flexibility index (Phi) is 44.0. The molecule has 0 radical (unpaired) electrons. The van der Waals surface area contributed by atoms with Crippen molar-refractivity contribution < 1.29 is 9.87 Å². The summed E-state index contributed by atoms with van der Waals surface area (Å²) >= 11 is 0. The average Bonchev–Trinajstić information content (AvgIpc) is 2.37. The fourth-order valence-corrected chi connectivity index (χ4v) is 1.23. The van der Waals surface area contributed by atoms with Gasteiger partial charge < -0.3 is 5.48 Å². The van der Waals surface area contributed by atoms with Crippen molar-refractivity contribution >= 4 is 0 Å². The second-order valence-corrected chi connectivity index (χ2v) is 3.02. The van der Waals surface area contributed by atoms with Crippen molar-refractivity contribution in [2.24, 2.45) is 0 Å². The van der Waals surface area contributed by atoms with E-state index in [0.717, 1.165) is 32.1 Å². The predicted octanol–water partition coefficient (Wildman–Crippen LogP) is 4.94. The van der Waals surface area contributed by atoms with E-state index in [1.807, 2.05) is 41.5 Å². The molecule has 1 nitrogen and oxygen atoms in total. The molecule has 1 aliphatic rings. The SMILES string of the molecule is CC.CC.CC#CCC.FC1CCCCC1.O. The van der Waals surface area contributed by atoms with Crippen molar-refractivity contribution in [1.82, 2.24) is 0 Å². The third kappa shape index (κ3) is 31.3. The zero-order chi connectivity index (χ0) is 13.2. The molecule has 0 aromatic rings. The van der Waals surface area contributed by atoms with Gasteiger partial charge in [0.15, 0.2) is 0 Å². The van der Waals surface area contributed by atoms with Crippen LogP contribution in [0.4, 0.5) is 4.39 Å². The van der Waals surface area contributed by atoms with Crippen LogP contribution in [0.5, 0.6) is 0 Å². The maximum atomic E-state index is 12.2. The van der Waals surface area contributed by atoms with E-state index in [2.05, 4.69) is 11.8 Å². The first-order valence-corrected chi connectivity index (χ1v) is 6.85. The molecule has 0 aliphatic heterocycles. The van der Waals surface area contributed by atoms with Crippen molar-refractivity contribution in [3.8, 4) is 11.8 Å². The number of rotatable bonds is 0. The fraction of sp³-hybridized carbons (Fsp3) is 0.867. The molecule has 0 heterocycles. The molecule has 2 heteroatoms. The lowest BCUT2D eigenvalue weighted by Crippen LogP contribution is -2.04. The third-order valence-corrected chi connectivity index (χ3v) is 1.89. The molecule has 0 aromatic carbocycles. The van der Waals surface area contributed by atoms with Gasteiger partial charge in [0.05, 0.1) is 0 Å². The maximum Gasteiger partial charge on any atom is 0.100 e. The second-order valence-electron chi connectivity index (χ2n) is 3.02. The van der Waals surface area contributed by atoms with Crippen LogP contribution in [0.2, 0.25) is 0 Å². The van der Waals surface area contributed by atoms with Crippen LogP contribution < -0.4 is 0 Å². The van der Waals surface area contributed by atoms with Gasteiger partial charge in [0.2, 0.25) is 0 Å². The number of halogens is 1. The molecule has 1 aliphatic carbocycles. The first kappa shape index (κ1) is 25.3. The van der Waals surface area contributed by atoms with Gasteiger partial charge in [0.25, 0.3) is 0 Å². The number of alkyl halides is 1. The van der Waals surface area contributed by atoms with E-state index in [-0.39, 0.29) is 5.48 Å². The maximum absolute atomic E-state index is 12.2. The van der Waals surface area contributed by atoms with Crippen LogP contribution in [0.15, 0.2) is 0 Å².